The number of nitrogens with zero attached hydrogens (tertiary/aromatic N) is 6. The SMILES string of the molecule is CCn1ncc(Cn2cc(NC(=S)Nc3nn(Cc4cccc(F)c4)cc3Cl)cn2)c1C. The second-order valence-electron chi connectivity index (χ2n) is 7.23. The molecule has 0 aliphatic carbocycles. The zero-order chi connectivity index (χ0) is 22.7. The molecule has 0 unspecified atom stereocenters. The molecule has 0 aliphatic rings. The van der Waals surface area contributed by atoms with Crippen LogP contribution < -0.4 is 10.6 Å². The maximum absolute atomic E-state index is 13.4. The molecule has 8 nitrogen and oxygen atoms in total. The molecule has 0 radical (unpaired) electrons. The summed E-state index contributed by atoms with van der Waals surface area (Å²) in [7, 11) is 0. The number of aryl methyl sites for hydroxylation is 1. The van der Waals surface area contributed by atoms with Gasteiger partial charge in [-0.3, -0.25) is 14.0 Å². The summed E-state index contributed by atoms with van der Waals surface area (Å²) >= 11 is 11.7. The van der Waals surface area contributed by atoms with Crippen molar-refractivity contribution in [2.45, 2.75) is 33.5 Å². The Morgan fingerprint density at radius 1 is 1.12 bits per heavy atom. The van der Waals surface area contributed by atoms with Gasteiger partial charge in [0.2, 0.25) is 0 Å². The van der Waals surface area contributed by atoms with Crippen molar-refractivity contribution in [1.29, 1.82) is 0 Å². The molecule has 0 fully saturated rings. The quantitative estimate of drug-likeness (QED) is 0.390. The summed E-state index contributed by atoms with van der Waals surface area (Å²) in [5.41, 5.74) is 3.75. The van der Waals surface area contributed by atoms with E-state index in [1.165, 1.54) is 12.1 Å². The molecule has 11 heteroatoms. The van der Waals surface area contributed by atoms with Crippen LogP contribution in [0.1, 0.15) is 23.7 Å². The van der Waals surface area contributed by atoms with Crippen molar-refractivity contribution in [2.24, 2.45) is 0 Å². The second-order valence-corrected chi connectivity index (χ2v) is 8.05. The molecule has 0 saturated carbocycles. The zero-order valence-corrected chi connectivity index (χ0v) is 19.2. The number of hydrogen-bond acceptors (Lipinski definition) is 4. The summed E-state index contributed by atoms with van der Waals surface area (Å²) in [6.07, 6.45) is 7.08. The van der Waals surface area contributed by atoms with Crippen LogP contribution in [-0.2, 0) is 19.6 Å². The topological polar surface area (TPSA) is 77.5 Å². The van der Waals surface area contributed by atoms with Gasteiger partial charge in [-0.05, 0) is 43.8 Å². The lowest BCUT2D eigenvalue weighted by atomic mass is 10.2. The van der Waals surface area contributed by atoms with Crippen molar-refractivity contribution >= 4 is 40.4 Å². The molecule has 3 heterocycles. The van der Waals surface area contributed by atoms with E-state index in [1.807, 2.05) is 34.7 Å². The van der Waals surface area contributed by atoms with Gasteiger partial charge in [0.25, 0.3) is 0 Å². The van der Waals surface area contributed by atoms with Crippen molar-refractivity contribution in [1.82, 2.24) is 29.3 Å². The lowest BCUT2D eigenvalue weighted by Crippen LogP contribution is -2.19. The van der Waals surface area contributed by atoms with Crippen LogP contribution in [0, 0.1) is 12.7 Å². The molecule has 2 N–H and O–H groups in total. The highest BCUT2D eigenvalue weighted by Gasteiger charge is 2.11. The van der Waals surface area contributed by atoms with Gasteiger partial charge >= 0.3 is 0 Å². The van der Waals surface area contributed by atoms with Crippen molar-refractivity contribution < 1.29 is 4.39 Å². The summed E-state index contributed by atoms with van der Waals surface area (Å²) in [5.74, 6) is 0.120. The molecule has 0 bridgehead atoms. The third-order valence-corrected chi connectivity index (χ3v) is 5.39. The maximum atomic E-state index is 13.4. The number of anilines is 2. The summed E-state index contributed by atoms with van der Waals surface area (Å²) < 4.78 is 18.8. The fraction of sp³-hybridized carbons (Fsp3) is 0.238. The molecule has 4 aromatic rings. The molecule has 0 spiro atoms. The Morgan fingerprint density at radius 2 is 1.97 bits per heavy atom. The van der Waals surface area contributed by atoms with Crippen LogP contribution in [0.5, 0.6) is 0 Å². The highest BCUT2D eigenvalue weighted by molar-refractivity contribution is 7.80. The summed E-state index contributed by atoms with van der Waals surface area (Å²) in [6.45, 7) is 5.94. The van der Waals surface area contributed by atoms with Crippen molar-refractivity contribution in [3.63, 3.8) is 0 Å². The number of halogens is 2. The first-order valence-corrected chi connectivity index (χ1v) is 10.8. The average molecular weight is 473 g/mol. The predicted octanol–water partition coefficient (Wildman–Crippen LogP) is 4.30. The second kappa shape index (κ2) is 9.49. The number of rotatable bonds is 7. The summed E-state index contributed by atoms with van der Waals surface area (Å²) in [4.78, 5) is 0. The molecule has 0 saturated heterocycles. The minimum Gasteiger partial charge on any atom is -0.330 e. The number of hydrogen-bond donors (Lipinski definition) is 2. The Balaban J connectivity index is 1.36. The smallest absolute Gasteiger partial charge is 0.176 e. The largest absolute Gasteiger partial charge is 0.330 e. The summed E-state index contributed by atoms with van der Waals surface area (Å²) in [6, 6.07) is 6.34. The van der Waals surface area contributed by atoms with Gasteiger partial charge in [-0.1, -0.05) is 23.7 Å². The fourth-order valence-corrected chi connectivity index (χ4v) is 3.72. The first kappa shape index (κ1) is 22.0. The maximum Gasteiger partial charge on any atom is 0.176 e. The molecule has 0 aliphatic heterocycles. The van der Waals surface area contributed by atoms with Crippen molar-refractivity contribution in [3.05, 3.63) is 76.7 Å². The number of aromatic nitrogens is 6. The van der Waals surface area contributed by atoms with Gasteiger partial charge < -0.3 is 10.6 Å². The van der Waals surface area contributed by atoms with E-state index in [2.05, 4.69) is 32.9 Å². The Hall–Kier alpha value is -3.24. The van der Waals surface area contributed by atoms with Crippen LogP contribution in [0.15, 0.2) is 49.1 Å². The standard InChI is InChI=1S/C21H22ClFN8S/c1-3-31-14(2)16(8-25-31)11-29-12-18(9-24-29)26-21(32)27-20-19(22)13-30(28-20)10-15-5-4-6-17(23)7-15/h4-9,12-13H,3,10-11H2,1-2H3,(H2,26,27,28,32). The van der Waals surface area contributed by atoms with Crippen LogP contribution in [0.25, 0.3) is 0 Å². The Kier molecular flexibility index (Phi) is 6.52. The van der Waals surface area contributed by atoms with Gasteiger partial charge in [-0.2, -0.15) is 15.3 Å². The molecular weight excluding hydrogens is 451 g/mol. The number of thiocarbonyl (C=S) groups is 1. The Morgan fingerprint density at radius 3 is 2.72 bits per heavy atom. The van der Waals surface area contributed by atoms with Gasteiger partial charge in [-0.15, -0.1) is 0 Å². The van der Waals surface area contributed by atoms with E-state index in [4.69, 9.17) is 23.8 Å². The van der Waals surface area contributed by atoms with Crippen molar-refractivity contribution in [3.8, 4) is 0 Å². The van der Waals surface area contributed by atoms with Crippen LogP contribution in [0.4, 0.5) is 15.9 Å². The lowest BCUT2D eigenvalue weighted by molar-refractivity contribution is 0.619. The Labute approximate surface area is 195 Å². The fourth-order valence-electron chi connectivity index (χ4n) is 3.30. The highest BCUT2D eigenvalue weighted by atomic mass is 35.5. The number of nitrogens with one attached hydrogen (secondary N) is 2. The molecule has 166 valence electrons. The van der Waals surface area contributed by atoms with Gasteiger partial charge in [0.05, 0.1) is 31.2 Å². The van der Waals surface area contributed by atoms with Gasteiger partial charge in [0.15, 0.2) is 10.9 Å². The molecule has 32 heavy (non-hydrogen) atoms. The molecule has 0 amide bonds. The van der Waals surface area contributed by atoms with Crippen LogP contribution in [0.3, 0.4) is 0 Å². The first-order chi connectivity index (χ1) is 15.4. The summed E-state index contributed by atoms with van der Waals surface area (Å²) in [5, 5.41) is 19.9. The van der Waals surface area contributed by atoms with Crippen LogP contribution in [0.2, 0.25) is 5.02 Å². The van der Waals surface area contributed by atoms with E-state index in [0.29, 0.717) is 29.0 Å². The first-order valence-electron chi connectivity index (χ1n) is 10.0. The Bertz CT molecular complexity index is 1240. The minimum absolute atomic E-state index is 0.292. The average Bonchev–Trinajstić information content (AvgIpc) is 3.42. The molecule has 4 rings (SSSR count). The monoisotopic (exact) mass is 472 g/mol. The third kappa shape index (κ3) is 5.14. The molecule has 3 aromatic heterocycles. The normalized spacial score (nSPS) is 11.0. The molecule has 1 aromatic carbocycles. The van der Waals surface area contributed by atoms with Gasteiger partial charge in [-0.25, -0.2) is 4.39 Å². The van der Waals surface area contributed by atoms with E-state index < -0.39 is 0 Å². The lowest BCUT2D eigenvalue weighted by Gasteiger charge is -2.07. The van der Waals surface area contributed by atoms with Gasteiger partial charge in [0.1, 0.15) is 10.8 Å². The van der Waals surface area contributed by atoms with Crippen LogP contribution in [-0.4, -0.2) is 34.5 Å². The third-order valence-electron chi connectivity index (χ3n) is 4.91. The van der Waals surface area contributed by atoms with Crippen molar-refractivity contribution in [2.75, 3.05) is 10.6 Å². The van der Waals surface area contributed by atoms with E-state index >= 15 is 0 Å². The number of benzene rings is 1. The van der Waals surface area contributed by atoms with E-state index in [1.54, 1.807) is 23.1 Å². The van der Waals surface area contributed by atoms with Gasteiger partial charge in [0, 0.05) is 30.2 Å². The van der Waals surface area contributed by atoms with E-state index in [-0.39, 0.29) is 5.82 Å². The predicted molar refractivity (Wildman–Crippen MR) is 127 cm³/mol. The molecule has 0 atom stereocenters. The highest BCUT2D eigenvalue weighted by Crippen LogP contribution is 2.21. The van der Waals surface area contributed by atoms with E-state index in [0.717, 1.165) is 29.1 Å². The zero-order valence-electron chi connectivity index (χ0n) is 17.6. The minimum atomic E-state index is -0.292. The molecular formula is C21H22ClFN8S. The van der Waals surface area contributed by atoms with E-state index in [9.17, 15) is 4.39 Å². The van der Waals surface area contributed by atoms with Crippen LogP contribution >= 0.6 is 23.8 Å².